The quantitative estimate of drug-likeness (QED) is 0.383. The molecule has 8 heteroatoms. The minimum absolute atomic E-state index is 0.178. The summed E-state index contributed by atoms with van der Waals surface area (Å²) in [5, 5.41) is 6.11. The smallest absolute Gasteiger partial charge is 0.189 e. The lowest BCUT2D eigenvalue weighted by Gasteiger charge is -2.20. The topological polar surface area (TPSA) is 62.1 Å². The molecule has 2 aromatic carbocycles. The Morgan fingerprint density at radius 3 is 2.93 bits per heavy atom. The summed E-state index contributed by atoms with van der Waals surface area (Å²) in [6, 6.07) is 12.8. The van der Waals surface area contributed by atoms with E-state index in [-0.39, 0.29) is 12.6 Å². The third-order valence-electron chi connectivity index (χ3n) is 4.45. The van der Waals surface area contributed by atoms with Gasteiger partial charge in [-0.3, -0.25) is 0 Å². The van der Waals surface area contributed by atoms with E-state index >= 15 is 0 Å². The average molecular weight is 394 g/mol. The molecule has 1 aliphatic rings. The second-order valence-electron chi connectivity index (χ2n) is 6.26. The average Bonchev–Trinajstić information content (AvgIpc) is 3.17. The molecular weight excluding hydrogens is 379 g/mol. The lowest BCUT2D eigenvalue weighted by Crippen LogP contribution is -2.13. The maximum absolute atomic E-state index is 14.0. The molecule has 6 nitrogen and oxygen atoms in total. The molecule has 0 aliphatic carbocycles. The summed E-state index contributed by atoms with van der Waals surface area (Å²) >= 11 is 1.50. The zero-order chi connectivity index (χ0) is 18.9. The van der Waals surface area contributed by atoms with E-state index in [1.165, 1.54) is 30.2 Å². The van der Waals surface area contributed by atoms with E-state index in [0.717, 1.165) is 32.9 Å². The minimum Gasteiger partial charge on any atom is -0.467 e. The monoisotopic (exact) mass is 394 g/mol. The van der Waals surface area contributed by atoms with Gasteiger partial charge in [-0.15, -0.1) is 11.8 Å². The van der Waals surface area contributed by atoms with Crippen molar-refractivity contribution in [3.63, 3.8) is 0 Å². The van der Waals surface area contributed by atoms with Crippen LogP contribution in [0.3, 0.4) is 0 Å². The van der Waals surface area contributed by atoms with E-state index in [0.29, 0.717) is 18.1 Å². The van der Waals surface area contributed by atoms with Crippen LogP contribution in [0.4, 0.5) is 4.39 Å². The highest BCUT2D eigenvalue weighted by atomic mass is 32.2. The Balaban J connectivity index is 1.47. The van der Waals surface area contributed by atoms with Crippen LogP contribution in [0.25, 0.3) is 16.7 Å². The molecule has 0 spiro atoms. The van der Waals surface area contributed by atoms with Crippen molar-refractivity contribution in [2.75, 3.05) is 6.79 Å². The van der Waals surface area contributed by atoms with Crippen LogP contribution in [0.15, 0.2) is 60.0 Å². The van der Waals surface area contributed by atoms with Gasteiger partial charge in [-0.25, -0.2) is 19.0 Å². The molecular formula is C20H15FN4O2S. The minimum atomic E-state index is -0.298. The lowest BCUT2D eigenvalue weighted by molar-refractivity contribution is -0.0171. The largest absolute Gasteiger partial charge is 0.467 e. The van der Waals surface area contributed by atoms with Crippen molar-refractivity contribution in [1.82, 2.24) is 19.7 Å². The van der Waals surface area contributed by atoms with E-state index in [1.54, 1.807) is 10.9 Å². The molecule has 0 saturated carbocycles. The first-order chi connectivity index (χ1) is 13.8. The summed E-state index contributed by atoms with van der Waals surface area (Å²) in [6.07, 6.45) is 3.28. The summed E-state index contributed by atoms with van der Waals surface area (Å²) in [5.41, 5.74) is 3.17. The highest BCUT2D eigenvalue weighted by Gasteiger charge is 2.18. The van der Waals surface area contributed by atoms with Crippen molar-refractivity contribution < 1.29 is 13.9 Å². The van der Waals surface area contributed by atoms with Gasteiger partial charge in [-0.05, 0) is 24.3 Å². The molecule has 3 heterocycles. The second kappa shape index (κ2) is 7.21. The molecule has 5 rings (SSSR count). The number of hydrogen-bond acceptors (Lipinski definition) is 6. The molecule has 2 aromatic heterocycles. The number of para-hydroxylation sites is 1. The van der Waals surface area contributed by atoms with Gasteiger partial charge in [0.1, 0.15) is 22.9 Å². The van der Waals surface area contributed by atoms with Crippen LogP contribution < -0.4 is 4.74 Å². The van der Waals surface area contributed by atoms with Gasteiger partial charge in [0.2, 0.25) is 0 Å². The molecule has 0 atom stereocenters. The van der Waals surface area contributed by atoms with Crippen LogP contribution in [0.5, 0.6) is 5.75 Å². The van der Waals surface area contributed by atoms with E-state index in [4.69, 9.17) is 9.47 Å². The molecule has 0 saturated heterocycles. The maximum Gasteiger partial charge on any atom is 0.189 e. The van der Waals surface area contributed by atoms with Gasteiger partial charge in [0.15, 0.2) is 12.4 Å². The number of benzene rings is 2. The maximum atomic E-state index is 14.0. The van der Waals surface area contributed by atoms with E-state index in [2.05, 4.69) is 15.1 Å². The Labute approximate surface area is 164 Å². The van der Waals surface area contributed by atoms with E-state index in [9.17, 15) is 4.39 Å². The summed E-state index contributed by atoms with van der Waals surface area (Å²) < 4.78 is 26.6. The molecule has 140 valence electrons. The summed E-state index contributed by atoms with van der Waals surface area (Å²) in [6.45, 7) is 0.532. The van der Waals surface area contributed by atoms with Gasteiger partial charge in [0.05, 0.1) is 23.9 Å². The van der Waals surface area contributed by atoms with Crippen molar-refractivity contribution in [3.8, 4) is 11.4 Å². The van der Waals surface area contributed by atoms with Crippen LogP contribution in [0.1, 0.15) is 11.1 Å². The van der Waals surface area contributed by atoms with E-state index < -0.39 is 0 Å². The SMILES string of the molecule is Fc1cc2c(c(CSc3ncnc4c3cnn4-c3ccccc3)c1)OCOC2. The van der Waals surface area contributed by atoms with Gasteiger partial charge in [0, 0.05) is 16.9 Å². The Hall–Kier alpha value is -2.97. The van der Waals surface area contributed by atoms with Crippen LogP contribution >= 0.6 is 11.8 Å². The van der Waals surface area contributed by atoms with Crippen molar-refractivity contribution >= 4 is 22.8 Å². The molecule has 0 radical (unpaired) electrons. The van der Waals surface area contributed by atoms with Crippen molar-refractivity contribution in [1.29, 1.82) is 0 Å². The molecule has 0 N–H and O–H groups in total. The summed E-state index contributed by atoms with van der Waals surface area (Å²) in [5.74, 6) is 0.918. The highest BCUT2D eigenvalue weighted by Crippen LogP contribution is 2.35. The van der Waals surface area contributed by atoms with Crippen LogP contribution in [-0.2, 0) is 17.1 Å². The highest BCUT2D eigenvalue weighted by molar-refractivity contribution is 7.98. The molecule has 0 fully saturated rings. The molecule has 4 aromatic rings. The van der Waals surface area contributed by atoms with Crippen molar-refractivity contribution in [3.05, 3.63) is 71.9 Å². The third kappa shape index (κ3) is 3.10. The molecule has 0 unspecified atom stereocenters. The lowest BCUT2D eigenvalue weighted by atomic mass is 10.1. The van der Waals surface area contributed by atoms with Gasteiger partial charge in [-0.2, -0.15) is 5.10 Å². The first-order valence-electron chi connectivity index (χ1n) is 8.68. The Bertz CT molecular complexity index is 1150. The van der Waals surface area contributed by atoms with Crippen LogP contribution in [0.2, 0.25) is 0 Å². The number of ether oxygens (including phenoxy) is 2. The number of nitrogens with zero attached hydrogens (tertiary/aromatic N) is 4. The number of aromatic nitrogens is 4. The molecule has 28 heavy (non-hydrogen) atoms. The van der Waals surface area contributed by atoms with Gasteiger partial charge in [0.25, 0.3) is 0 Å². The zero-order valence-electron chi connectivity index (χ0n) is 14.7. The number of rotatable bonds is 4. The number of halogens is 1. The Morgan fingerprint density at radius 1 is 1.14 bits per heavy atom. The Morgan fingerprint density at radius 2 is 2.04 bits per heavy atom. The fourth-order valence-corrected chi connectivity index (χ4v) is 4.13. The second-order valence-corrected chi connectivity index (χ2v) is 7.22. The fourth-order valence-electron chi connectivity index (χ4n) is 3.21. The predicted molar refractivity (Wildman–Crippen MR) is 103 cm³/mol. The van der Waals surface area contributed by atoms with Crippen molar-refractivity contribution in [2.45, 2.75) is 17.4 Å². The third-order valence-corrected chi connectivity index (χ3v) is 5.50. The normalized spacial score (nSPS) is 13.3. The van der Waals surface area contributed by atoms with Gasteiger partial charge < -0.3 is 9.47 Å². The molecule has 0 bridgehead atoms. The van der Waals surface area contributed by atoms with E-state index in [1.807, 2.05) is 30.3 Å². The Kier molecular flexibility index (Phi) is 4.42. The molecule has 0 amide bonds. The zero-order valence-corrected chi connectivity index (χ0v) is 15.5. The van der Waals surface area contributed by atoms with Gasteiger partial charge >= 0.3 is 0 Å². The summed E-state index contributed by atoms with van der Waals surface area (Å²) in [7, 11) is 0. The van der Waals surface area contributed by atoms with Crippen molar-refractivity contribution in [2.24, 2.45) is 0 Å². The standard InChI is InChI=1S/C20H15FN4O2S/c21-15-6-13-9-26-12-27-18(13)14(7-15)10-28-20-17-8-24-25(19(17)22-11-23-20)16-4-2-1-3-5-16/h1-8,11H,9-10,12H2. The number of thioether (sulfide) groups is 1. The van der Waals surface area contributed by atoms with Gasteiger partial charge in [-0.1, -0.05) is 18.2 Å². The van der Waals surface area contributed by atoms with Crippen LogP contribution in [0, 0.1) is 5.82 Å². The first kappa shape index (κ1) is 17.2. The number of fused-ring (bicyclic) bond motifs is 2. The predicted octanol–water partition coefficient (Wildman–Crippen LogP) is 4.11. The first-order valence-corrected chi connectivity index (χ1v) is 9.67. The fraction of sp³-hybridized carbons (Fsp3) is 0.150. The number of hydrogen-bond donors (Lipinski definition) is 0. The molecule has 1 aliphatic heterocycles. The summed E-state index contributed by atoms with van der Waals surface area (Å²) in [4.78, 5) is 8.80. The van der Waals surface area contributed by atoms with Crippen LogP contribution in [-0.4, -0.2) is 26.5 Å².